The third-order valence-corrected chi connectivity index (χ3v) is 9.20. The Hall–Kier alpha value is -2.71. The van der Waals surface area contributed by atoms with Gasteiger partial charge in [-0.2, -0.15) is 0 Å². The van der Waals surface area contributed by atoms with Gasteiger partial charge in [-0.1, -0.05) is 133 Å². The van der Waals surface area contributed by atoms with Crippen molar-refractivity contribution in [2.75, 3.05) is 41.0 Å². The van der Waals surface area contributed by atoms with E-state index in [0.29, 0.717) is 12.8 Å². The molecule has 0 saturated heterocycles. The first kappa shape index (κ1) is 50.3. The highest BCUT2D eigenvalue weighted by Gasteiger charge is 2.25. The summed E-state index contributed by atoms with van der Waals surface area (Å²) in [6, 6.07) is -0.734. The fourth-order valence-corrected chi connectivity index (χ4v) is 5.91. The van der Waals surface area contributed by atoms with E-state index in [-0.39, 0.29) is 49.1 Å². The SMILES string of the molecule is CC/C=C/C/C=C/C/C=C/CCCC(=O)OCC(COCCC(C(=O)[O-])[N+](C)(C)C)OC(=O)CCCCCCC/C=C/CCCCCCCCCCC. The minimum absolute atomic E-state index is 0.0209. The first-order valence-electron chi connectivity index (χ1n) is 21.2. The highest BCUT2D eigenvalue weighted by molar-refractivity contribution is 5.70. The van der Waals surface area contributed by atoms with Gasteiger partial charge in [0.2, 0.25) is 0 Å². The van der Waals surface area contributed by atoms with Crippen molar-refractivity contribution in [2.45, 2.75) is 180 Å². The normalized spacial score (nSPS) is 13.5. The zero-order valence-corrected chi connectivity index (χ0v) is 34.7. The lowest BCUT2D eigenvalue weighted by Crippen LogP contribution is -2.55. The summed E-state index contributed by atoms with van der Waals surface area (Å²) in [6.07, 6.45) is 41.5. The molecule has 0 fully saturated rings. The Balaban J connectivity index is 4.40. The molecule has 306 valence electrons. The average molecular weight is 746 g/mol. The zero-order valence-electron chi connectivity index (χ0n) is 34.7. The number of hydrogen-bond donors (Lipinski definition) is 0. The van der Waals surface area contributed by atoms with Gasteiger partial charge in [0, 0.05) is 19.3 Å². The van der Waals surface area contributed by atoms with Crippen LogP contribution in [0.25, 0.3) is 0 Å². The number of ether oxygens (including phenoxy) is 3. The molecule has 0 radical (unpaired) electrons. The van der Waals surface area contributed by atoms with E-state index in [1.165, 1.54) is 70.6 Å². The van der Waals surface area contributed by atoms with E-state index in [1.807, 2.05) is 0 Å². The second kappa shape index (κ2) is 36.3. The molecule has 0 rings (SSSR count). The molecule has 0 aromatic heterocycles. The maximum atomic E-state index is 12.7. The Bertz CT molecular complexity index is 1010. The van der Waals surface area contributed by atoms with Gasteiger partial charge in [-0.05, 0) is 64.2 Å². The standard InChI is InChI=1S/C45H79NO7/c1-6-8-10-12-14-16-18-19-20-21-22-23-24-26-28-30-32-34-36-44(48)53-41(39-51-38-37-42(45(49)50)46(3,4)5)40-52-43(47)35-33-31-29-27-25-17-15-13-11-9-7-2/h9,11,15,17,22-23,27,29,41-42H,6-8,10,12-14,16,18-21,24-26,28,30-40H2,1-5H3/b11-9+,17-15+,23-22+,29-27+. The molecule has 0 bridgehead atoms. The molecule has 0 aromatic carbocycles. The number of allylic oxidation sites excluding steroid dienone is 8. The van der Waals surface area contributed by atoms with Crippen LogP contribution in [0, 0.1) is 0 Å². The minimum Gasteiger partial charge on any atom is -0.544 e. The van der Waals surface area contributed by atoms with Crippen LogP contribution in [0.3, 0.4) is 0 Å². The number of carbonyl (C=O) groups excluding carboxylic acids is 3. The van der Waals surface area contributed by atoms with Gasteiger partial charge in [0.15, 0.2) is 6.10 Å². The molecule has 0 heterocycles. The van der Waals surface area contributed by atoms with Crippen molar-refractivity contribution in [1.29, 1.82) is 0 Å². The second-order valence-electron chi connectivity index (χ2n) is 15.2. The van der Waals surface area contributed by atoms with Crippen LogP contribution in [0.5, 0.6) is 0 Å². The third kappa shape index (κ3) is 34.8. The third-order valence-electron chi connectivity index (χ3n) is 9.20. The molecular formula is C45H79NO7. The lowest BCUT2D eigenvalue weighted by molar-refractivity contribution is -0.889. The molecule has 8 heteroatoms. The summed E-state index contributed by atoms with van der Waals surface area (Å²) in [6.45, 7) is 4.47. The average Bonchev–Trinajstić information content (AvgIpc) is 3.11. The van der Waals surface area contributed by atoms with Gasteiger partial charge in [-0.15, -0.1) is 0 Å². The Labute approximate surface area is 325 Å². The maximum absolute atomic E-state index is 12.7. The first-order chi connectivity index (χ1) is 25.6. The summed E-state index contributed by atoms with van der Waals surface area (Å²) in [4.78, 5) is 36.7. The Morgan fingerprint density at radius 2 is 1.08 bits per heavy atom. The van der Waals surface area contributed by atoms with Crippen molar-refractivity contribution < 1.29 is 38.2 Å². The van der Waals surface area contributed by atoms with E-state index in [0.717, 1.165) is 57.8 Å². The van der Waals surface area contributed by atoms with Gasteiger partial charge in [-0.3, -0.25) is 9.59 Å². The van der Waals surface area contributed by atoms with Crippen molar-refractivity contribution >= 4 is 17.9 Å². The molecule has 0 aliphatic carbocycles. The van der Waals surface area contributed by atoms with Crippen LogP contribution >= 0.6 is 0 Å². The highest BCUT2D eigenvalue weighted by atomic mass is 16.6. The topological polar surface area (TPSA) is 102 Å². The van der Waals surface area contributed by atoms with Crippen LogP contribution in [-0.4, -0.2) is 75.5 Å². The van der Waals surface area contributed by atoms with E-state index in [2.05, 4.69) is 62.5 Å². The number of carboxylic acid groups (broad SMARTS) is 1. The summed E-state index contributed by atoms with van der Waals surface area (Å²) in [7, 11) is 5.38. The largest absolute Gasteiger partial charge is 0.544 e. The molecule has 0 aromatic rings. The predicted molar refractivity (Wildman–Crippen MR) is 217 cm³/mol. The van der Waals surface area contributed by atoms with Gasteiger partial charge in [0.05, 0.1) is 40.3 Å². The van der Waals surface area contributed by atoms with E-state index >= 15 is 0 Å². The van der Waals surface area contributed by atoms with Crippen molar-refractivity contribution in [2.24, 2.45) is 0 Å². The molecule has 0 aliphatic heterocycles. The van der Waals surface area contributed by atoms with Crippen molar-refractivity contribution in [3.8, 4) is 0 Å². The number of hydrogen-bond acceptors (Lipinski definition) is 7. The van der Waals surface area contributed by atoms with Crippen LogP contribution in [-0.2, 0) is 28.6 Å². The Morgan fingerprint density at radius 3 is 1.64 bits per heavy atom. The van der Waals surface area contributed by atoms with Crippen LogP contribution < -0.4 is 5.11 Å². The van der Waals surface area contributed by atoms with Crippen molar-refractivity contribution in [3.63, 3.8) is 0 Å². The number of rotatable bonds is 37. The number of quaternary nitrogens is 1. The number of carbonyl (C=O) groups is 3. The molecule has 0 spiro atoms. The maximum Gasteiger partial charge on any atom is 0.306 e. The van der Waals surface area contributed by atoms with Crippen LogP contribution in [0.4, 0.5) is 0 Å². The fourth-order valence-electron chi connectivity index (χ4n) is 5.91. The van der Waals surface area contributed by atoms with Crippen LogP contribution in [0.15, 0.2) is 48.6 Å². The lowest BCUT2D eigenvalue weighted by atomic mass is 10.1. The number of esters is 2. The Kier molecular flexibility index (Phi) is 34.4. The molecule has 0 aliphatic rings. The fraction of sp³-hybridized carbons (Fsp3) is 0.756. The van der Waals surface area contributed by atoms with E-state index < -0.39 is 18.1 Å². The zero-order chi connectivity index (χ0) is 39.3. The molecule has 2 atom stereocenters. The molecular weight excluding hydrogens is 666 g/mol. The lowest BCUT2D eigenvalue weighted by Gasteiger charge is -2.34. The van der Waals surface area contributed by atoms with Gasteiger partial charge in [0.25, 0.3) is 0 Å². The minimum atomic E-state index is -1.13. The molecule has 0 saturated carbocycles. The molecule has 0 N–H and O–H groups in total. The van der Waals surface area contributed by atoms with Gasteiger partial charge in [-0.25, -0.2) is 0 Å². The van der Waals surface area contributed by atoms with Crippen molar-refractivity contribution in [3.05, 3.63) is 48.6 Å². The summed E-state index contributed by atoms with van der Waals surface area (Å²) < 4.78 is 17.1. The molecule has 2 unspecified atom stereocenters. The number of aliphatic carboxylic acids is 1. The summed E-state index contributed by atoms with van der Waals surface area (Å²) in [5, 5.41) is 11.6. The monoisotopic (exact) mass is 746 g/mol. The van der Waals surface area contributed by atoms with Gasteiger partial charge >= 0.3 is 11.9 Å². The number of nitrogens with zero attached hydrogens (tertiary/aromatic N) is 1. The smallest absolute Gasteiger partial charge is 0.306 e. The second-order valence-corrected chi connectivity index (χ2v) is 15.2. The van der Waals surface area contributed by atoms with Crippen LogP contribution in [0.1, 0.15) is 168 Å². The van der Waals surface area contributed by atoms with E-state index in [4.69, 9.17) is 14.2 Å². The number of unbranched alkanes of at least 4 members (excludes halogenated alkanes) is 15. The summed E-state index contributed by atoms with van der Waals surface area (Å²) >= 11 is 0. The van der Waals surface area contributed by atoms with E-state index in [1.54, 1.807) is 21.1 Å². The predicted octanol–water partition coefficient (Wildman–Crippen LogP) is 9.91. The molecule has 0 amide bonds. The molecule has 8 nitrogen and oxygen atoms in total. The van der Waals surface area contributed by atoms with Gasteiger partial charge in [0.1, 0.15) is 12.6 Å². The molecule has 53 heavy (non-hydrogen) atoms. The number of likely N-dealkylation sites (N-methyl/N-ethyl adjacent to an activating group) is 1. The number of carboxylic acids is 1. The quantitative estimate of drug-likeness (QED) is 0.0270. The van der Waals surface area contributed by atoms with Crippen molar-refractivity contribution in [1.82, 2.24) is 0 Å². The van der Waals surface area contributed by atoms with Gasteiger partial charge < -0.3 is 28.6 Å². The highest BCUT2D eigenvalue weighted by Crippen LogP contribution is 2.13. The first-order valence-corrected chi connectivity index (χ1v) is 21.2. The van der Waals surface area contributed by atoms with E-state index in [9.17, 15) is 19.5 Å². The van der Waals surface area contributed by atoms with Crippen LogP contribution in [0.2, 0.25) is 0 Å². The summed E-state index contributed by atoms with van der Waals surface area (Å²) in [5.41, 5.74) is 0. The Morgan fingerprint density at radius 1 is 0.585 bits per heavy atom. The summed E-state index contributed by atoms with van der Waals surface area (Å²) in [5.74, 6) is -1.82.